The number of amides is 1. The van der Waals surface area contributed by atoms with Gasteiger partial charge >= 0.3 is 5.97 Å². The third-order valence-corrected chi connectivity index (χ3v) is 13.3. The highest BCUT2D eigenvalue weighted by Gasteiger charge is 2.18. The number of hydrogen-bond donors (Lipinski definition) is 3. The normalized spacial score (nSPS) is 12.6. The largest absolute Gasteiger partial charge is 0.466 e. The van der Waals surface area contributed by atoms with Crippen LogP contribution >= 0.6 is 0 Å². The summed E-state index contributed by atoms with van der Waals surface area (Å²) in [6, 6.07) is -0.631. The molecule has 0 fully saturated rings. The lowest BCUT2D eigenvalue weighted by Crippen LogP contribution is -2.45. The molecule has 2 atom stereocenters. The summed E-state index contributed by atoms with van der Waals surface area (Å²) < 4.78 is 5.49. The number of allylic oxidation sites excluding steroid dienone is 1. The Morgan fingerprint density at radius 1 is 0.429 bits per heavy atom. The molecule has 0 aliphatic carbocycles. The molecule has 0 radical (unpaired) electrons. The number of aliphatic hydroxyl groups is 2. The van der Waals surface area contributed by atoms with Gasteiger partial charge in [-0.15, -0.1) is 0 Å². The molecule has 374 valence electrons. The van der Waals surface area contributed by atoms with Gasteiger partial charge in [-0.3, -0.25) is 9.59 Å². The molecule has 0 bridgehead atoms. The summed E-state index contributed by atoms with van der Waals surface area (Å²) in [5.74, 6) is -0.0674. The van der Waals surface area contributed by atoms with E-state index in [1.54, 1.807) is 6.08 Å². The average Bonchev–Trinajstić information content (AvgIpc) is 3.28. The molecule has 0 aromatic heterocycles. The van der Waals surface area contributed by atoms with Gasteiger partial charge in [0.25, 0.3) is 0 Å². The first-order chi connectivity index (χ1) is 31.0. The van der Waals surface area contributed by atoms with Crippen molar-refractivity contribution in [1.29, 1.82) is 0 Å². The number of ether oxygens (including phenoxy) is 1. The molecular weight excluding hydrogens is 779 g/mol. The van der Waals surface area contributed by atoms with E-state index in [2.05, 4.69) is 19.2 Å². The van der Waals surface area contributed by atoms with E-state index in [4.69, 9.17) is 4.74 Å². The fourth-order valence-electron chi connectivity index (χ4n) is 8.93. The van der Waals surface area contributed by atoms with Crippen LogP contribution in [0.15, 0.2) is 12.2 Å². The van der Waals surface area contributed by atoms with Crippen molar-refractivity contribution in [3.05, 3.63) is 12.2 Å². The number of nitrogens with one attached hydrogen (secondary N) is 1. The van der Waals surface area contributed by atoms with Crippen molar-refractivity contribution in [1.82, 2.24) is 5.32 Å². The van der Waals surface area contributed by atoms with E-state index in [1.807, 2.05) is 6.08 Å². The summed E-state index contributed by atoms with van der Waals surface area (Å²) in [6.45, 7) is 4.90. The fourth-order valence-corrected chi connectivity index (χ4v) is 8.93. The first-order valence-electron chi connectivity index (χ1n) is 28.5. The molecule has 0 rings (SSSR count). The van der Waals surface area contributed by atoms with Crippen molar-refractivity contribution in [2.75, 3.05) is 13.2 Å². The van der Waals surface area contributed by atoms with Crippen molar-refractivity contribution < 1.29 is 24.5 Å². The van der Waals surface area contributed by atoms with Crippen LogP contribution in [0.5, 0.6) is 0 Å². The van der Waals surface area contributed by atoms with Crippen LogP contribution in [0.2, 0.25) is 0 Å². The molecule has 0 spiro atoms. The first kappa shape index (κ1) is 61.6. The molecule has 3 N–H and O–H groups in total. The second kappa shape index (κ2) is 53.2. The van der Waals surface area contributed by atoms with E-state index in [9.17, 15) is 19.8 Å². The number of carbonyl (C=O) groups excluding carboxylic acids is 2. The lowest BCUT2D eigenvalue weighted by Gasteiger charge is -2.20. The summed E-state index contributed by atoms with van der Waals surface area (Å²) >= 11 is 0. The van der Waals surface area contributed by atoms with Gasteiger partial charge in [0, 0.05) is 12.8 Å². The summed E-state index contributed by atoms with van der Waals surface area (Å²) in [5.41, 5.74) is 0. The van der Waals surface area contributed by atoms with Gasteiger partial charge in [0.2, 0.25) is 5.91 Å². The average molecular weight is 891 g/mol. The number of esters is 1. The Morgan fingerprint density at radius 2 is 0.730 bits per heavy atom. The summed E-state index contributed by atoms with van der Waals surface area (Å²) in [7, 11) is 0. The minimum Gasteiger partial charge on any atom is -0.466 e. The molecule has 6 heteroatoms. The zero-order valence-electron chi connectivity index (χ0n) is 42.6. The number of rotatable bonds is 53. The van der Waals surface area contributed by atoms with Gasteiger partial charge < -0.3 is 20.3 Å². The van der Waals surface area contributed by atoms with E-state index in [-0.39, 0.29) is 18.5 Å². The highest BCUT2D eigenvalue weighted by Crippen LogP contribution is 2.17. The minimum atomic E-state index is -0.847. The number of aliphatic hydroxyl groups excluding tert-OH is 2. The zero-order chi connectivity index (χ0) is 45.8. The second-order valence-corrected chi connectivity index (χ2v) is 19.6. The molecule has 2 unspecified atom stereocenters. The monoisotopic (exact) mass is 890 g/mol. The Morgan fingerprint density at radius 3 is 1.08 bits per heavy atom. The van der Waals surface area contributed by atoms with E-state index in [0.29, 0.717) is 19.4 Å². The van der Waals surface area contributed by atoms with Gasteiger partial charge in [0.1, 0.15) is 0 Å². The molecule has 0 saturated heterocycles. The molecule has 1 amide bonds. The predicted octanol–water partition coefficient (Wildman–Crippen LogP) is 17.3. The Balaban J connectivity index is 3.40. The highest BCUT2D eigenvalue weighted by atomic mass is 16.5. The van der Waals surface area contributed by atoms with E-state index < -0.39 is 12.1 Å². The molecule has 0 heterocycles. The van der Waals surface area contributed by atoms with Crippen LogP contribution < -0.4 is 5.32 Å². The predicted molar refractivity (Wildman–Crippen MR) is 273 cm³/mol. The summed E-state index contributed by atoms with van der Waals surface area (Å²) in [5, 5.41) is 23.0. The topological polar surface area (TPSA) is 95.9 Å². The first-order valence-corrected chi connectivity index (χ1v) is 28.5. The van der Waals surface area contributed by atoms with E-state index in [1.165, 1.54) is 244 Å². The van der Waals surface area contributed by atoms with Crippen molar-refractivity contribution in [2.24, 2.45) is 0 Å². The van der Waals surface area contributed by atoms with Crippen LogP contribution in [0.1, 0.15) is 316 Å². The Hall–Kier alpha value is -1.40. The maximum Gasteiger partial charge on any atom is 0.305 e. The van der Waals surface area contributed by atoms with Gasteiger partial charge in [0.15, 0.2) is 0 Å². The van der Waals surface area contributed by atoms with Crippen molar-refractivity contribution in [3.8, 4) is 0 Å². The Labute approximate surface area is 393 Å². The van der Waals surface area contributed by atoms with Crippen LogP contribution in [0.25, 0.3) is 0 Å². The van der Waals surface area contributed by atoms with Crippen LogP contribution in [0.4, 0.5) is 0 Å². The van der Waals surface area contributed by atoms with Crippen LogP contribution in [-0.2, 0) is 14.3 Å². The molecule has 0 aliphatic rings. The second-order valence-electron chi connectivity index (χ2n) is 19.6. The zero-order valence-corrected chi connectivity index (χ0v) is 42.6. The van der Waals surface area contributed by atoms with Gasteiger partial charge in [-0.05, 0) is 32.1 Å². The van der Waals surface area contributed by atoms with Crippen molar-refractivity contribution >= 4 is 11.9 Å². The summed E-state index contributed by atoms with van der Waals surface area (Å²) in [6.07, 6.45) is 62.3. The lowest BCUT2D eigenvalue weighted by atomic mass is 10.0. The number of hydrogen-bond acceptors (Lipinski definition) is 5. The van der Waals surface area contributed by atoms with Crippen LogP contribution in [-0.4, -0.2) is 47.4 Å². The van der Waals surface area contributed by atoms with Crippen LogP contribution in [0, 0.1) is 0 Å². The molecular formula is C57H111NO5. The number of carbonyl (C=O) groups is 2. The highest BCUT2D eigenvalue weighted by molar-refractivity contribution is 5.76. The van der Waals surface area contributed by atoms with Crippen molar-refractivity contribution in [3.63, 3.8) is 0 Å². The Kier molecular flexibility index (Phi) is 52.0. The van der Waals surface area contributed by atoms with Crippen molar-refractivity contribution in [2.45, 2.75) is 328 Å². The molecule has 0 aromatic rings. The minimum absolute atomic E-state index is 0.00678. The number of unbranched alkanes of at least 4 members (excludes halogenated alkanes) is 42. The van der Waals surface area contributed by atoms with Crippen LogP contribution in [0.3, 0.4) is 0 Å². The third-order valence-electron chi connectivity index (χ3n) is 13.3. The van der Waals surface area contributed by atoms with E-state index >= 15 is 0 Å². The molecule has 0 saturated carbocycles. The quantitative estimate of drug-likeness (QED) is 0.0321. The standard InChI is InChI=1S/C57H111NO5/c1-3-5-7-9-11-13-15-17-18-19-20-24-27-31-35-39-43-47-51-57(62)63-52-48-44-40-36-32-28-25-22-21-23-26-30-34-38-42-46-50-56(61)58-54(53-59)55(60)49-45-41-37-33-29-16-14-12-10-8-6-4-2/h45,49,54-55,59-60H,3-44,46-48,50-53H2,1-2H3,(H,58,61)/b49-45+. The molecule has 0 aliphatic heterocycles. The fraction of sp³-hybridized carbons (Fsp3) is 0.930. The Bertz CT molecular complexity index is 939. The smallest absolute Gasteiger partial charge is 0.305 e. The SMILES string of the molecule is CCCCCCCCCCCC/C=C/C(O)C(CO)NC(=O)CCCCCCCCCCCCCCCCCCOC(=O)CCCCCCCCCCCCCCCCCCCC. The lowest BCUT2D eigenvalue weighted by molar-refractivity contribution is -0.143. The van der Waals surface area contributed by atoms with Gasteiger partial charge in [0.05, 0.1) is 25.4 Å². The molecule has 6 nitrogen and oxygen atoms in total. The van der Waals surface area contributed by atoms with Gasteiger partial charge in [-0.2, -0.15) is 0 Å². The maximum absolute atomic E-state index is 12.4. The summed E-state index contributed by atoms with van der Waals surface area (Å²) in [4.78, 5) is 24.5. The van der Waals surface area contributed by atoms with E-state index in [0.717, 1.165) is 44.9 Å². The van der Waals surface area contributed by atoms with Gasteiger partial charge in [-0.25, -0.2) is 0 Å². The third kappa shape index (κ3) is 49.9. The molecule has 0 aromatic carbocycles. The van der Waals surface area contributed by atoms with Gasteiger partial charge in [-0.1, -0.05) is 283 Å². The molecule has 63 heavy (non-hydrogen) atoms. The maximum atomic E-state index is 12.4.